The number of hydrogen-bond acceptors (Lipinski definition) is 5. The number of rotatable bonds is 5. The molecule has 1 aliphatic heterocycles. The highest BCUT2D eigenvalue weighted by Gasteiger charge is 2.30. The molecule has 1 N–H and O–H groups in total. The average Bonchev–Trinajstić information content (AvgIpc) is 2.48. The van der Waals surface area contributed by atoms with Crippen LogP contribution >= 0.6 is 0 Å². The Hall–Kier alpha value is -1.25. The van der Waals surface area contributed by atoms with Crippen molar-refractivity contribution in [2.45, 2.75) is 19.3 Å². The van der Waals surface area contributed by atoms with Crippen LogP contribution in [0.5, 0.6) is 0 Å². The summed E-state index contributed by atoms with van der Waals surface area (Å²) >= 11 is 0. The molecule has 1 saturated heterocycles. The number of nitrogens with one attached hydrogen (secondary N) is 1. The molecule has 21 heavy (non-hydrogen) atoms. The van der Waals surface area contributed by atoms with Gasteiger partial charge in [0, 0.05) is 46.6 Å². The second-order valence-corrected chi connectivity index (χ2v) is 7.60. The summed E-state index contributed by atoms with van der Waals surface area (Å²) in [5.74, 6) is 1.04. The average molecular weight is 313 g/mol. The minimum absolute atomic E-state index is 0.275. The minimum atomic E-state index is -3.33. The summed E-state index contributed by atoms with van der Waals surface area (Å²) in [7, 11) is 1.63. The SMILES string of the molecule is CNc1nccnc1C[C@@H]1CCCN(S(=O)(=O)N(C)C)C1. The van der Waals surface area contributed by atoms with Gasteiger partial charge in [0.05, 0.1) is 5.69 Å². The Bertz CT molecular complexity index is 576. The van der Waals surface area contributed by atoms with Crippen molar-refractivity contribution >= 4 is 16.0 Å². The Morgan fingerprint density at radius 1 is 1.38 bits per heavy atom. The Kier molecular flexibility index (Phi) is 5.13. The van der Waals surface area contributed by atoms with Gasteiger partial charge in [-0.05, 0) is 25.2 Å². The van der Waals surface area contributed by atoms with Crippen molar-refractivity contribution in [3.8, 4) is 0 Å². The molecule has 1 aliphatic rings. The Balaban J connectivity index is 2.08. The predicted molar refractivity (Wildman–Crippen MR) is 82.2 cm³/mol. The van der Waals surface area contributed by atoms with E-state index >= 15 is 0 Å². The summed E-state index contributed by atoms with van der Waals surface area (Å²) in [6.45, 7) is 1.14. The molecule has 1 aromatic heterocycles. The van der Waals surface area contributed by atoms with Crippen molar-refractivity contribution in [3.63, 3.8) is 0 Å². The Morgan fingerprint density at radius 2 is 2.10 bits per heavy atom. The van der Waals surface area contributed by atoms with Crippen LogP contribution < -0.4 is 5.32 Å². The first kappa shape index (κ1) is 16.1. The first-order chi connectivity index (χ1) is 9.95. The minimum Gasteiger partial charge on any atom is -0.372 e. The van der Waals surface area contributed by atoms with Crippen LogP contribution in [0.1, 0.15) is 18.5 Å². The lowest BCUT2D eigenvalue weighted by molar-refractivity contribution is 0.253. The van der Waals surface area contributed by atoms with Crippen molar-refractivity contribution in [1.82, 2.24) is 18.6 Å². The molecule has 0 radical (unpaired) electrons. The van der Waals surface area contributed by atoms with Crippen LogP contribution in [0.2, 0.25) is 0 Å². The van der Waals surface area contributed by atoms with Crippen LogP contribution in [0.25, 0.3) is 0 Å². The van der Waals surface area contributed by atoms with Gasteiger partial charge in [-0.25, -0.2) is 4.98 Å². The van der Waals surface area contributed by atoms with E-state index in [0.717, 1.165) is 30.8 Å². The molecule has 2 heterocycles. The van der Waals surface area contributed by atoms with Crippen LogP contribution in [0, 0.1) is 5.92 Å². The number of nitrogens with zero attached hydrogens (tertiary/aromatic N) is 4. The Labute approximate surface area is 126 Å². The van der Waals surface area contributed by atoms with E-state index in [1.807, 2.05) is 7.05 Å². The van der Waals surface area contributed by atoms with Crippen LogP contribution in [0.3, 0.4) is 0 Å². The van der Waals surface area contributed by atoms with Gasteiger partial charge < -0.3 is 5.32 Å². The molecule has 2 rings (SSSR count). The smallest absolute Gasteiger partial charge is 0.281 e. The zero-order valence-corrected chi connectivity index (χ0v) is 13.6. The quantitative estimate of drug-likeness (QED) is 0.860. The van der Waals surface area contributed by atoms with Crippen LogP contribution in [0.15, 0.2) is 12.4 Å². The van der Waals surface area contributed by atoms with E-state index in [9.17, 15) is 8.42 Å². The molecule has 7 nitrogen and oxygen atoms in total. The van der Waals surface area contributed by atoms with Gasteiger partial charge in [-0.1, -0.05) is 0 Å². The zero-order valence-electron chi connectivity index (χ0n) is 12.8. The lowest BCUT2D eigenvalue weighted by atomic mass is 9.94. The van der Waals surface area contributed by atoms with Crippen molar-refractivity contribution in [1.29, 1.82) is 0 Å². The normalized spacial score (nSPS) is 20.7. The number of hydrogen-bond donors (Lipinski definition) is 1. The fourth-order valence-electron chi connectivity index (χ4n) is 2.63. The van der Waals surface area contributed by atoms with Crippen LogP contribution in [0.4, 0.5) is 5.82 Å². The summed E-state index contributed by atoms with van der Waals surface area (Å²) in [6, 6.07) is 0. The summed E-state index contributed by atoms with van der Waals surface area (Å²) < 4.78 is 27.3. The second-order valence-electron chi connectivity index (χ2n) is 5.46. The van der Waals surface area contributed by atoms with Gasteiger partial charge in [0.15, 0.2) is 0 Å². The third-order valence-electron chi connectivity index (χ3n) is 3.76. The third-order valence-corrected chi connectivity index (χ3v) is 5.67. The molecule has 0 saturated carbocycles. The fraction of sp³-hybridized carbons (Fsp3) is 0.692. The van der Waals surface area contributed by atoms with Gasteiger partial charge in [-0.3, -0.25) is 4.98 Å². The van der Waals surface area contributed by atoms with E-state index in [1.54, 1.807) is 30.8 Å². The molecule has 8 heteroatoms. The predicted octanol–water partition coefficient (Wildman–Crippen LogP) is 0.579. The molecule has 0 spiro atoms. The maximum absolute atomic E-state index is 12.2. The van der Waals surface area contributed by atoms with E-state index in [0.29, 0.717) is 13.1 Å². The molecule has 0 aliphatic carbocycles. The van der Waals surface area contributed by atoms with Gasteiger partial charge in [-0.15, -0.1) is 0 Å². The summed E-state index contributed by atoms with van der Waals surface area (Å²) in [5, 5.41) is 3.03. The van der Waals surface area contributed by atoms with Crippen LogP contribution in [-0.2, 0) is 16.6 Å². The van der Waals surface area contributed by atoms with Crippen molar-refractivity contribution < 1.29 is 8.42 Å². The van der Waals surface area contributed by atoms with Gasteiger partial charge >= 0.3 is 0 Å². The van der Waals surface area contributed by atoms with E-state index in [4.69, 9.17) is 0 Å². The van der Waals surface area contributed by atoms with Crippen LogP contribution in [-0.4, -0.2) is 61.2 Å². The zero-order chi connectivity index (χ0) is 15.5. The highest BCUT2D eigenvalue weighted by Crippen LogP contribution is 2.24. The van der Waals surface area contributed by atoms with E-state index in [-0.39, 0.29) is 5.92 Å². The maximum Gasteiger partial charge on any atom is 0.281 e. The molecule has 118 valence electrons. The fourth-order valence-corrected chi connectivity index (χ4v) is 3.85. The summed E-state index contributed by atoms with van der Waals surface area (Å²) in [4.78, 5) is 8.61. The second kappa shape index (κ2) is 6.67. The molecule has 0 aromatic carbocycles. The largest absolute Gasteiger partial charge is 0.372 e. The summed E-state index contributed by atoms with van der Waals surface area (Å²) in [6.07, 6.45) is 5.96. The first-order valence-electron chi connectivity index (χ1n) is 7.10. The van der Waals surface area contributed by atoms with Gasteiger partial charge in [0.1, 0.15) is 5.82 Å². The third kappa shape index (κ3) is 3.69. The molecule has 0 unspecified atom stereocenters. The van der Waals surface area contributed by atoms with Gasteiger partial charge in [0.2, 0.25) is 0 Å². The number of piperidine rings is 1. The molecule has 1 atom stereocenters. The number of aromatic nitrogens is 2. The molecule has 1 aromatic rings. The first-order valence-corrected chi connectivity index (χ1v) is 8.50. The summed E-state index contributed by atoms with van der Waals surface area (Å²) in [5.41, 5.74) is 0.897. The van der Waals surface area contributed by atoms with Gasteiger partial charge in [0.25, 0.3) is 10.2 Å². The van der Waals surface area contributed by atoms with E-state index < -0.39 is 10.2 Å². The Morgan fingerprint density at radius 3 is 2.76 bits per heavy atom. The molecular formula is C13H23N5O2S. The monoisotopic (exact) mass is 313 g/mol. The van der Waals surface area contributed by atoms with Crippen molar-refractivity contribution in [2.75, 3.05) is 39.5 Å². The molecule has 0 amide bonds. The molecular weight excluding hydrogens is 290 g/mol. The lowest BCUT2D eigenvalue weighted by Gasteiger charge is -2.33. The van der Waals surface area contributed by atoms with Gasteiger partial charge in [-0.2, -0.15) is 17.0 Å². The van der Waals surface area contributed by atoms with Crippen molar-refractivity contribution in [2.24, 2.45) is 5.92 Å². The van der Waals surface area contributed by atoms with Crippen molar-refractivity contribution in [3.05, 3.63) is 18.1 Å². The standard InChI is InChI=1S/C13H23N5O2S/c1-14-13-12(15-6-7-16-13)9-11-5-4-8-18(10-11)21(19,20)17(2)3/h6-7,11H,4-5,8-10H2,1-3H3,(H,14,16)/t11-/m0/s1. The lowest BCUT2D eigenvalue weighted by Crippen LogP contribution is -2.45. The highest BCUT2D eigenvalue weighted by molar-refractivity contribution is 7.86. The van der Waals surface area contributed by atoms with E-state index in [1.165, 1.54) is 4.31 Å². The molecule has 0 bridgehead atoms. The highest BCUT2D eigenvalue weighted by atomic mass is 32.2. The number of anilines is 1. The topological polar surface area (TPSA) is 78.4 Å². The molecule has 1 fully saturated rings. The maximum atomic E-state index is 12.2. The van der Waals surface area contributed by atoms with E-state index in [2.05, 4.69) is 15.3 Å².